The molecule has 7 atom stereocenters. The van der Waals surface area contributed by atoms with Crippen LogP contribution in [0.15, 0.2) is 48.6 Å². The first-order valence-corrected chi connectivity index (χ1v) is 31.8. The summed E-state index contributed by atoms with van der Waals surface area (Å²) >= 11 is 0. The van der Waals surface area contributed by atoms with E-state index in [9.17, 15) is 30.3 Å². The highest BCUT2D eigenvalue weighted by Crippen LogP contribution is 2.23. The van der Waals surface area contributed by atoms with E-state index >= 15 is 0 Å². The van der Waals surface area contributed by atoms with Crippen LogP contribution in [0, 0.1) is 0 Å². The Balaban J connectivity index is 2.16. The molecule has 7 unspecified atom stereocenters. The second-order valence-corrected chi connectivity index (χ2v) is 22.2. The van der Waals surface area contributed by atoms with Crippen LogP contribution < -0.4 is 5.32 Å². The first-order valence-electron chi connectivity index (χ1n) is 31.8. The fraction of sp³-hybridized carbons (Fsp3) is 0.862. The molecule has 1 amide bonds. The highest BCUT2D eigenvalue weighted by atomic mass is 16.7. The van der Waals surface area contributed by atoms with Crippen molar-refractivity contribution >= 4 is 5.91 Å². The normalized spacial score (nSPS) is 19.3. The third-order valence-electron chi connectivity index (χ3n) is 15.2. The van der Waals surface area contributed by atoms with Crippen molar-refractivity contribution in [1.29, 1.82) is 0 Å². The fourth-order valence-electron chi connectivity index (χ4n) is 10.2. The molecule has 434 valence electrons. The molecule has 0 aromatic carbocycles. The van der Waals surface area contributed by atoms with Crippen molar-refractivity contribution in [3.8, 4) is 0 Å². The Morgan fingerprint density at radius 2 is 0.838 bits per heavy atom. The second kappa shape index (κ2) is 54.5. The molecule has 0 saturated carbocycles. The second-order valence-electron chi connectivity index (χ2n) is 22.2. The number of unbranched alkanes of at least 4 members (excludes halogenated alkanes) is 37. The molecule has 74 heavy (non-hydrogen) atoms. The number of hydrogen-bond acceptors (Lipinski definition) is 8. The maximum atomic E-state index is 13.1. The molecule has 1 rings (SSSR count). The van der Waals surface area contributed by atoms with E-state index < -0.39 is 49.5 Å². The smallest absolute Gasteiger partial charge is 0.220 e. The zero-order chi connectivity index (χ0) is 53.6. The van der Waals surface area contributed by atoms with Crippen LogP contribution in [0.3, 0.4) is 0 Å². The predicted molar refractivity (Wildman–Crippen MR) is 313 cm³/mol. The van der Waals surface area contributed by atoms with Crippen LogP contribution >= 0.6 is 0 Å². The molecule has 1 fully saturated rings. The largest absolute Gasteiger partial charge is 0.394 e. The van der Waals surface area contributed by atoms with Crippen molar-refractivity contribution in [2.45, 2.75) is 346 Å². The van der Waals surface area contributed by atoms with Gasteiger partial charge in [-0.15, -0.1) is 0 Å². The van der Waals surface area contributed by atoms with Crippen molar-refractivity contribution in [3.05, 3.63) is 48.6 Å². The van der Waals surface area contributed by atoms with Crippen LogP contribution in [-0.2, 0) is 14.3 Å². The van der Waals surface area contributed by atoms with Crippen molar-refractivity contribution in [2.24, 2.45) is 0 Å². The Morgan fingerprint density at radius 1 is 0.473 bits per heavy atom. The van der Waals surface area contributed by atoms with Crippen LogP contribution in [0.1, 0.15) is 303 Å². The third kappa shape index (κ3) is 43.2. The lowest BCUT2D eigenvalue weighted by Crippen LogP contribution is -2.60. The van der Waals surface area contributed by atoms with Gasteiger partial charge in [0.05, 0.1) is 25.4 Å². The standard InChI is InChI=1S/C65H121NO8/c1-3-5-7-9-11-13-15-17-19-21-23-25-27-28-29-30-31-33-34-36-38-40-42-44-46-48-50-52-54-59(68)58(57-73-65-64(72)63(71)62(70)60(56-67)74-65)66-61(69)55-53-51-49-47-45-43-41-39-37-35-32-26-24-22-20-18-16-14-12-10-8-6-4-2/h6,8,12,14,18,20,24,26,58-60,62-65,67-68,70-72H,3-5,7,9-11,13,15-17,19,21-23,25,27-57H2,1-2H3,(H,66,69)/b8-6-,14-12-,20-18-,26-24-. The maximum Gasteiger partial charge on any atom is 0.220 e. The molecular weight excluding hydrogens is 923 g/mol. The van der Waals surface area contributed by atoms with E-state index in [0.717, 1.165) is 70.6 Å². The van der Waals surface area contributed by atoms with Gasteiger partial charge >= 0.3 is 0 Å². The summed E-state index contributed by atoms with van der Waals surface area (Å²) in [6, 6.07) is -0.724. The lowest BCUT2D eigenvalue weighted by atomic mass is 9.99. The van der Waals surface area contributed by atoms with Crippen LogP contribution in [0.2, 0.25) is 0 Å². The maximum absolute atomic E-state index is 13.1. The molecule has 0 aromatic heterocycles. The van der Waals surface area contributed by atoms with Gasteiger partial charge < -0.3 is 40.3 Å². The molecule has 1 aliphatic rings. The molecule has 9 nitrogen and oxygen atoms in total. The molecule has 0 aliphatic carbocycles. The topological polar surface area (TPSA) is 149 Å². The number of amides is 1. The summed E-state index contributed by atoms with van der Waals surface area (Å²) in [6.07, 6.45) is 65.8. The zero-order valence-corrected chi connectivity index (χ0v) is 48.4. The van der Waals surface area contributed by atoms with Gasteiger partial charge in [-0.1, -0.05) is 294 Å². The summed E-state index contributed by atoms with van der Waals surface area (Å²) in [4.78, 5) is 13.1. The third-order valence-corrected chi connectivity index (χ3v) is 15.2. The molecule has 0 spiro atoms. The number of carbonyl (C=O) groups excluding carboxylic acids is 1. The zero-order valence-electron chi connectivity index (χ0n) is 48.4. The van der Waals surface area contributed by atoms with E-state index in [1.54, 1.807) is 0 Å². The van der Waals surface area contributed by atoms with E-state index in [1.165, 1.54) is 205 Å². The van der Waals surface area contributed by atoms with Gasteiger partial charge in [0.15, 0.2) is 6.29 Å². The van der Waals surface area contributed by atoms with Crippen molar-refractivity contribution in [1.82, 2.24) is 5.32 Å². The van der Waals surface area contributed by atoms with Gasteiger partial charge in [-0.2, -0.15) is 0 Å². The summed E-state index contributed by atoms with van der Waals surface area (Å²) in [5.74, 6) is -0.146. The minimum absolute atomic E-state index is 0.139. The van der Waals surface area contributed by atoms with E-state index in [4.69, 9.17) is 9.47 Å². The summed E-state index contributed by atoms with van der Waals surface area (Å²) in [7, 11) is 0. The molecule has 0 aromatic rings. The number of ether oxygens (including phenoxy) is 2. The monoisotopic (exact) mass is 1040 g/mol. The summed E-state index contributed by atoms with van der Waals surface area (Å²) in [5.41, 5.74) is 0. The number of rotatable bonds is 55. The Labute approximate surface area is 456 Å². The van der Waals surface area contributed by atoms with Gasteiger partial charge in [0.1, 0.15) is 24.4 Å². The minimum atomic E-state index is -1.56. The Hall–Kier alpha value is -1.85. The van der Waals surface area contributed by atoms with Gasteiger partial charge in [-0.05, 0) is 51.4 Å². The SMILES string of the molecule is CC/C=C\C/C=C\C/C=C\C/C=C\CCCCCCCCCCCCC(=O)NC(COC1OC(CO)C(O)C(O)C1O)C(O)CCCCCCCCCCCCCCCCCCCCCCCCCCCCCC. The first kappa shape index (κ1) is 70.2. The van der Waals surface area contributed by atoms with Crippen LogP contribution in [0.25, 0.3) is 0 Å². The van der Waals surface area contributed by atoms with Gasteiger partial charge in [-0.3, -0.25) is 4.79 Å². The summed E-state index contributed by atoms with van der Waals surface area (Å²) < 4.78 is 11.3. The first-order chi connectivity index (χ1) is 36.3. The number of carbonyl (C=O) groups is 1. The lowest BCUT2D eigenvalue weighted by Gasteiger charge is -2.40. The molecule has 0 bridgehead atoms. The lowest BCUT2D eigenvalue weighted by molar-refractivity contribution is -0.302. The van der Waals surface area contributed by atoms with Crippen molar-refractivity contribution in [3.63, 3.8) is 0 Å². The average Bonchev–Trinajstić information content (AvgIpc) is 3.40. The molecule has 1 saturated heterocycles. The predicted octanol–water partition coefficient (Wildman–Crippen LogP) is 16.5. The Morgan fingerprint density at radius 3 is 1.24 bits per heavy atom. The van der Waals surface area contributed by atoms with E-state index in [-0.39, 0.29) is 12.5 Å². The summed E-state index contributed by atoms with van der Waals surface area (Å²) in [5, 5.41) is 54.8. The van der Waals surface area contributed by atoms with Gasteiger partial charge in [0, 0.05) is 6.42 Å². The van der Waals surface area contributed by atoms with Crippen LogP contribution in [0.5, 0.6) is 0 Å². The van der Waals surface area contributed by atoms with E-state index in [1.807, 2.05) is 0 Å². The molecule has 0 radical (unpaired) electrons. The number of allylic oxidation sites excluding steroid dienone is 8. The minimum Gasteiger partial charge on any atom is -0.394 e. The Bertz CT molecular complexity index is 1300. The van der Waals surface area contributed by atoms with Crippen molar-refractivity contribution < 1.29 is 39.8 Å². The Kier molecular flexibility index (Phi) is 51.7. The fourth-order valence-corrected chi connectivity index (χ4v) is 10.2. The molecule has 1 heterocycles. The van der Waals surface area contributed by atoms with Gasteiger partial charge in [-0.25, -0.2) is 0 Å². The molecular formula is C65H121NO8. The molecule has 9 heteroatoms. The number of nitrogens with one attached hydrogen (secondary N) is 1. The number of aliphatic hydroxyl groups excluding tert-OH is 5. The van der Waals surface area contributed by atoms with E-state index in [0.29, 0.717) is 12.8 Å². The average molecular weight is 1040 g/mol. The quantitative estimate of drug-likeness (QED) is 0.0261. The highest BCUT2D eigenvalue weighted by molar-refractivity contribution is 5.76. The van der Waals surface area contributed by atoms with E-state index in [2.05, 4.69) is 67.8 Å². The number of aliphatic hydroxyl groups is 5. The van der Waals surface area contributed by atoms with Crippen LogP contribution in [0.4, 0.5) is 0 Å². The highest BCUT2D eigenvalue weighted by Gasteiger charge is 2.44. The number of hydrogen-bond donors (Lipinski definition) is 6. The summed E-state index contributed by atoms with van der Waals surface area (Å²) in [6.45, 7) is 3.76. The van der Waals surface area contributed by atoms with Gasteiger partial charge in [0.25, 0.3) is 0 Å². The van der Waals surface area contributed by atoms with Crippen LogP contribution in [-0.4, -0.2) is 87.5 Å². The van der Waals surface area contributed by atoms with Gasteiger partial charge in [0.2, 0.25) is 5.91 Å². The molecule has 6 N–H and O–H groups in total. The molecule has 1 aliphatic heterocycles. The van der Waals surface area contributed by atoms with Crippen molar-refractivity contribution in [2.75, 3.05) is 13.2 Å².